The molecule has 2 aromatic carbocycles. The second-order valence-electron chi connectivity index (χ2n) is 4.67. The van der Waals surface area contributed by atoms with Gasteiger partial charge < -0.3 is 4.74 Å². The summed E-state index contributed by atoms with van der Waals surface area (Å²) in [5, 5.41) is 0. The minimum absolute atomic E-state index is 0.548. The van der Waals surface area contributed by atoms with E-state index in [1.807, 2.05) is 0 Å². The van der Waals surface area contributed by atoms with Crippen molar-refractivity contribution in [2.24, 2.45) is 0 Å². The molecule has 0 saturated carbocycles. The summed E-state index contributed by atoms with van der Waals surface area (Å²) < 4.78 is 105. The smallest absolute Gasteiger partial charge is 0.406 e. The van der Waals surface area contributed by atoms with Gasteiger partial charge in [-0.15, -0.1) is 13.2 Å². The molecule has 1 N–H and O–H groups in total. The van der Waals surface area contributed by atoms with Crippen LogP contribution in [0.5, 0.6) is 5.75 Å². The van der Waals surface area contributed by atoms with Crippen LogP contribution in [0.25, 0.3) is 0 Å². The van der Waals surface area contributed by atoms with Gasteiger partial charge in [-0.1, -0.05) is 18.2 Å². The Hall–Kier alpha value is -2.43. The number of halogens is 6. The van der Waals surface area contributed by atoms with Crippen LogP contribution >= 0.6 is 0 Å². The van der Waals surface area contributed by atoms with Crippen molar-refractivity contribution >= 4 is 15.7 Å². The summed E-state index contributed by atoms with van der Waals surface area (Å²) in [7, 11) is -4.57. The number of nitrogens with one attached hydrogen (secondary N) is 1. The van der Waals surface area contributed by atoms with Crippen molar-refractivity contribution in [2.75, 3.05) is 4.72 Å². The molecule has 25 heavy (non-hydrogen) atoms. The van der Waals surface area contributed by atoms with E-state index in [1.54, 1.807) is 4.72 Å². The summed E-state index contributed by atoms with van der Waals surface area (Å²) >= 11 is 0. The average molecular weight is 385 g/mol. The molecular formula is C14H9F6NO3S. The molecule has 136 valence electrons. The van der Waals surface area contributed by atoms with E-state index in [4.69, 9.17) is 0 Å². The highest BCUT2D eigenvalue weighted by Crippen LogP contribution is 2.35. The zero-order valence-electron chi connectivity index (χ0n) is 12.0. The molecule has 11 heteroatoms. The Morgan fingerprint density at radius 1 is 0.880 bits per heavy atom. The molecular weight excluding hydrogens is 376 g/mol. The maximum absolute atomic E-state index is 12.9. The van der Waals surface area contributed by atoms with E-state index in [1.165, 1.54) is 6.07 Å². The highest BCUT2D eigenvalue weighted by molar-refractivity contribution is 7.92. The standard InChI is InChI=1S/C14H9F6NO3S/c15-13(16,17)11-6-1-2-7-12(11)21-25(22,23)10-5-3-4-9(8-10)24-14(18,19)20/h1-8,21H. The van der Waals surface area contributed by atoms with E-state index in [0.29, 0.717) is 12.1 Å². The van der Waals surface area contributed by atoms with Gasteiger partial charge in [0.15, 0.2) is 0 Å². The summed E-state index contributed by atoms with van der Waals surface area (Å²) in [5.74, 6) is -0.820. The normalized spacial score (nSPS) is 12.7. The summed E-state index contributed by atoms with van der Waals surface area (Å²) in [6.07, 6.45) is -9.86. The number of sulfonamides is 1. The van der Waals surface area contributed by atoms with Crippen LogP contribution in [-0.2, 0) is 16.2 Å². The van der Waals surface area contributed by atoms with E-state index < -0.39 is 44.5 Å². The van der Waals surface area contributed by atoms with Gasteiger partial charge in [-0.2, -0.15) is 13.2 Å². The maximum Gasteiger partial charge on any atom is 0.573 e. The Bertz CT molecular complexity index is 861. The van der Waals surface area contributed by atoms with E-state index in [0.717, 1.165) is 30.3 Å². The van der Waals surface area contributed by atoms with Crippen molar-refractivity contribution in [3.05, 3.63) is 54.1 Å². The summed E-state index contributed by atoms with van der Waals surface area (Å²) in [6, 6.07) is 7.08. The average Bonchev–Trinajstić information content (AvgIpc) is 2.44. The first-order valence-corrected chi connectivity index (χ1v) is 7.92. The predicted molar refractivity (Wildman–Crippen MR) is 75.4 cm³/mol. The van der Waals surface area contributed by atoms with Crippen molar-refractivity contribution in [3.8, 4) is 5.75 Å². The van der Waals surface area contributed by atoms with Crippen LogP contribution in [0, 0.1) is 0 Å². The van der Waals surface area contributed by atoms with Crippen molar-refractivity contribution < 1.29 is 39.5 Å². The Kier molecular flexibility index (Phi) is 4.89. The minimum Gasteiger partial charge on any atom is -0.406 e. The van der Waals surface area contributed by atoms with Gasteiger partial charge in [0.25, 0.3) is 10.0 Å². The van der Waals surface area contributed by atoms with Crippen molar-refractivity contribution in [2.45, 2.75) is 17.4 Å². The molecule has 0 atom stereocenters. The lowest BCUT2D eigenvalue weighted by atomic mass is 10.2. The Balaban J connectivity index is 2.37. The molecule has 4 nitrogen and oxygen atoms in total. The first-order valence-electron chi connectivity index (χ1n) is 6.43. The minimum atomic E-state index is -5.04. The van der Waals surface area contributed by atoms with E-state index in [2.05, 4.69) is 4.74 Å². The topological polar surface area (TPSA) is 55.4 Å². The van der Waals surface area contributed by atoms with Crippen LogP contribution in [0.2, 0.25) is 0 Å². The van der Waals surface area contributed by atoms with E-state index in [-0.39, 0.29) is 0 Å². The van der Waals surface area contributed by atoms with Gasteiger partial charge in [-0.05, 0) is 24.3 Å². The van der Waals surface area contributed by atoms with Gasteiger partial charge in [0.2, 0.25) is 0 Å². The Labute approximate surface area is 138 Å². The van der Waals surface area contributed by atoms with Crippen LogP contribution in [0.1, 0.15) is 5.56 Å². The number of hydrogen-bond acceptors (Lipinski definition) is 3. The van der Waals surface area contributed by atoms with Crippen molar-refractivity contribution in [1.29, 1.82) is 0 Å². The molecule has 0 spiro atoms. The maximum atomic E-state index is 12.9. The molecule has 0 unspecified atom stereocenters. The molecule has 2 rings (SSSR count). The molecule has 0 heterocycles. The number of alkyl halides is 6. The fourth-order valence-electron chi connectivity index (χ4n) is 1.86. The van der Waals surface area contributed by atoms with Crippen LogP contribution in [-0.4, -0.2) is 14.8 Å². The third kappa shape index (κ3) is 5.02. The lowest BCUT2D eigenvalue weighted by molar-refractivity contribution is -0.274. The number of rotatable bonds is 4. The molecule has 0 bridgehead atoms. The summed E-state index contributed by atoms with van der Waals surface area (Å²) in [5.41, 5.74) is -1.99. The van der Waals surface area contributed by atoms with Crippen LogP contribution in [0.4, 0.5) is 32.0 Å². The number of para-hydroxylation sites is 1. The predicted octanol–water partition coefficient (Wildman–Crippen LogP) is 4.40. The van der Waals surface area contributed by atoms with Gasteiger partial charge in [0, 0.05) is 6.07 Å². The van der Waals surface area contributed by atoms with Crippen LogP contribution in [0.3, 0.4) is 0 Å². The first-order chi connectivity index (χ1) is 11.4. The number of anilines is 1. The largest absolute Gasteiger partial charge is 0.573 e. The summed E-state index contributed by atoms with van der Waals surface area (Å²) in [4.78, 5) is -0.689. The Morgan fingerprint density at radius 2 is 1.52 bits per heavy atom. The van der Waals surface area contributed by atoms with E-state index >= 15 is 0 Å². The summed E-state index contributed by atoms with van der Waals surface area (Å²) in [6.45, 7) is 0. The van der Waals surface area contributed by atoms with Gasteiger partial charge in [0.05, 0.1) is 16.1 Å². The third-order valence-electron chi connectivity index (χ3n) is 2.83. The molecule has 0 aliphatic heterocycles. The first kappa shape index (κ1) is 18.9. The Morgan fingerprint density at radius 3 is 2.12 bits per heavy atom. The molecule has 0 saturated heterocycles. The second-order valence-corrected chi connectivity index (χ2v) is 6.35. The number of hydrogen-bond donors (Lipinski definition) is 1. The molecule has 0 fully saturated rings. The van der Waals surface area contributed by atoms with E-state index in [9.17, 15) is 34.8 Å². The monoisotopic (exact) mass is 385 g/mol. The molecule has 0 amide bonds. The lowest BCUT2D eigenvalue weighted by Gasteiger charge is -2.15. The number of ether oxygens (including phenoxy) is 1. The van der Waals surface area contributed by atoms with Gasteiger partial charge >= 0.3 is 12.5 Å². The fourth-order valence-corrected chi connectivity index (χ4v) is 2.98. The quantitative estimate of drug-likeness (QED) is 0.794. The molecule has 0 aromatic heterocycles. The van der Waals surface area contributed by atoms with Gasteiger partial charge in [0.1, 0.15) is 5.75 Å². The zero-order valence-corrected chi connectivity index (χ0v) is 12.8. The SMILES string of the molecule is O=S(=O)(Nc1ccccc1C(F)(F)F)c1cccc(OC(F)(F)F)c1. The molecule has 0 radical (unpaired) electrons. The van der Waals surface area contributed by atoms with Gasteiger partial charge in [-0.25, -0.2) is 8.42 Å². The van der Waals surface area contributed by atoms with Crippen LogP contribution in [0.15, 0.2) is 53.4 Å². The van der Waals surface area contributed by atoms with Crippen molar-refractivity contribution in [1.82, 2.24) is 0 Å². The number of benzene rings is 2. The molecule has 0 aliphatic rings. The second kappa shape index (κ2) is 6.47. The lowest BCUT2D eigenvalue weighted by Crippen LogP contribution is -2.19. The molecule has 2 aromatic rings. The third-order valence-corrected chi connectivity index (χ3v) is 4.19. The van der Waals surface area contributed by atoms with Crippen LogP contribution < -0.4 is 9.46 Å². The fraction of sp³-hybridized carbons (Fsp3) is 0.143. The molecule has 0 aliphatic carbocycles. The highest BCUT2D eigenvalue weighted by Gasteiger charge is 2.35. The highest BCUT2D eigenvalue weighted by atomic mass is 32.2. The van der Waals surface area contributed by atoms with Gasteiger partial charge in [-0.3, -0.25) is 4.72 Å². The van der Waals surface area contributed by atoms with Crippen molar-refractivity contribution in [3.63, 3.8) is 0 Å². The zero-order chi connectivity index (χ0) is 18.9.